The Labute approximate surface area is 101 Å². The molecule has 0 saturated carbocycles. The number of hydrogen-bond donors (Lipinski definition) is 1. The van der Waals surface area contributed by atoms with Crippen molar-refractivity contribution in [2.45, 2.75) is 24.6 Å². The van der Waals surface area contributed by atoms with E-state index < -0.39 is 15.3 Å². The smallest absolute Gasteiger partial charge is 0.223 e. The van der Waals surface area contributed by atoms with Gasteiger partial charge in [-0.3, -0.25) is 0 Å². The van der Waals surface area contributed by atoms with Gasteiger partial charge in [-0.2, -0.15) is 11.8 Å². The standard InChI is InChI=1S/C8H16N2O2S3/c1-6(8(9)13)15(11,12)10(2)7-3-4-14-5-7/h6-7H,3-5H2,1-2H3,(H2,9,13). The van der Waals surface area contributed by atoms with Crippen LogP contribution in [0.4, 0.5) is 0 Å². The largest absolute Gasteiger partial charge is 0.392 e. The second kappa shape index (κ2) is 4.99. The lowest BCUT2D eigenvalue weighted by atomic mass is 10.3. The predicted octanol–water partition coefficient (Wildman–Crippen LogP) is 0.428. The van der Waals surface area contributed by atoms with Crippen LogP contribution in [0.3, 0.4) is 0 Å². The SMILES string of the molecule is CC(C(N)=S)S(=O)(=O)N(C)C1CCSC1. The molecule has 2 atom stereocenters. The van der Waals surface area contributed by atoms with Gasteiger partial charge in [-0.1, -0.05) is 12.2 Å². The third-order valence-electron chi connectivity index (χ3n) is 2.67. The van der Waals surface area contributed by atoms with E-state index in [2.05, 4.69) is 0 Å². The van der Waals surface area contributed by atoms with E-state index in [0.717, 1.165) is 17.9 Å². The second-order valence-corrected chi connectivity index (χ2v) is 7.56. The Hall–Kier alpha value is 0.150. The van der Waals surface area contributed by atoms with Crippen molar-refractivity contribution in [1.29, 1.82) is 0 Å². The lowest BCUT2D eigenvalue weighted by molar-refractivity contribution is 0.393. The minimum atomic E-state index is -3.37. The monoisotopic (exact) mass is 268 g/mol. The molecule has 7 heteroatoms. The van der Waals surface area contributed by atoms with Gasteiger partial charge in [0.1, 0.15) is 5.25 Å². The van der Waals surface area contributed by atoms with E-state index in [1.54, 1.807) is 18.8 Å². The summed E-state index contributed by atoms with van der Waals surface area (Å²) in [5.74, 6) is 1.88. The minimum absolute atomic E-state index is 0.0347. The lowest BCUT2D eigenvalue weighted by Crippen LogP contribution is -2.45. The van der Waals surface area contributed by atoms with Crippen LogP contribution in [0.5, 0.6) is 0 Å². The molecule has 0 bridgehead atoms. The first-order chi connectivity index (χ1) is 6.87. The third kappa shape index (κ3) is 2.83. The summed E-state index contributed by atoms with van der Waals surface area (Å²) < 4.78 is 25.4. The van der Waals surface area contributed by atoms with Crippen LogP contribution in [-0.2, 0) is 10.0 Å². The Morgan fingerprint density at radius 2 is 2.27 bits per heavy atom. The minimum Gasteiger partial charge on any atom is -0.392 e. The van der Waals surface area contributed by atoms with Gasteiger partial charge in [0.05, 0.1) is 4.99 Å². The van der Waals surface area contributed by atoms with Gasteiger partial charge in [0.25, 0.3) is 0 Å². The number of thioether (sulfide) groups is 1. The van der Waals surface area contributed by atoms with Gasteiger partial charge < -0.3 is 5.73 Å². The molecule has 2 unspecified atom stereocenters. The molecule has 0 spiro atoms. The molecule has 1 heterocycles. The average molecular weight is 268 g/mol. The molecule has 0 aromatic rings. The zero-order valence-corrected chi connectivity index (χ0v) is 11.3. The summed E-state index contributed by atoms with van der Waals surface area (Å²) in [7, 11) is -1.76. The molecule has 0 aromatic heterocycles. The van der Waals surface area contributed by atoms with Crippen molar-refractivity contribution in [3.63, 3.8) is 0 Å². The number of nitrogens with two attached hydrogens (primary N) is 1. The molecule has 0 amide bonds. The average Bonchev–Trinajstić information content (AvgIpc) is 2.67. The molecule has 1 rings (SSSR count). The Bertz CT molecular complexity index is 336. The fourth-order valence-corrected chi connectivity index (χ4v) is 4.53. The first-order valence-corrected chi connectivity index (χ1v) is 7.78. The Kier molecular flexibility index (Phi) is 4.39. The lowest BCUT2D eigenvalue weighted by Gasteiger charge is -2.26. The fourth-order valence-electron chi connectivity index (χ4n) is 1.41. The Morgan fingerprint density at radius 1 is 1.67 bits per heavy atom. The molecule has 4 nitrogen and oxygen atoms in total. The number of thiocarbonyl (C=S) groups is 1. The first-order valence-electron chi connectivity index (χ1n) is 4.71. The summed E-state index contributed by atoms with van der Waals surface area (Å²) in [6.07, 6.45) is 0.907. The van der Waals surface area contributed by atoms with Crippen LogP contribution in [0.1, 0.15) is 13.3 Å². The summed E-state index contributed by atoms with van der Waals surface area (Å²) in [6, 6.07) is 0.0943. The van der Waals surface area contributed by atoms with Gasteiger partial charge >= 0.3 is 0 Å². The summed E-state index contributed by atoms with van der Waals surface area (Å²) in [4.78, 5) is 0.0347. The molecule has 0 radical (unpaired) electrons. The van der Waals surface area contributed by atoms with Crippen LogP contribution in [-0.4, -0.2) is 47.6 Å². The maximum Gasteiger partial charge on any atom is 0.223 e. The highest BCUT2D eigenvalue weighted by atomic mass is 32.2. The van der Waals surface area contributed by atoms with Crippen molar-refractivity contribution in [1.82, 2.24) is 4.31 Å². The van der Waals surface area contributed by atoms with Gasteiger partial charge in [-0.05, 0) is 19.1 Å². The van der Waals surface area contributed by atoms with Crippen LogP contribution >= 0.6 is 24.0 Å². The highest BCUT2D eigenvalue weighted by molar-refractivity contribution is 7.99. The number of hydrogen-bond acceptors (Lipinski definition) is 4. The molecule has 88 valence electrons. The van der Waals surface area contributed by atoms with Crippen molar-refractivity contribution >= 4 is 39.0 Å². The molecule has 1 aliphatic heterocycles. The van der Waals surface area contributed by atoms with Crippen molar-refractivity contribution in [2.75, 3.05) is 18.6 Å². The highest BCUT2D eigenvalue weighted by Crippen LogP contribution is 2.24. The predicted molar refractivity (Wildman–Crippen MR) is 68.7 cm³/mol. The normalized spacial score (nSPS) is 24.3. The molecule has 1 aliphatic rings. The van der Waals surface area contributed by atoms with Crippen molar-refractivity contribution in [2.24, 2.45) is 5.73 Å². The number of nitrogens with zero attached hydrogens (tertiary/aromatic N) is 1. The van der Waals surface area contributed by atoms with Gasteiger partial charge in [0.2, 0.25) is 10.0 Å². The van der Waals surface area contributed by atoms with Crippen molar-refractivity contribution < 1.29 is 8.42 Å². The quantitative estimate of drug-likeness (QED) is 0.749. The van der Waals surface area contributed by atoms with E-state index in [9.17, 15) is 8.42 Å². The van der Waals surface area contributed by atoms with E-state index in [1.807, 2.05) is 0 Å². The summed E-state index contributed by atoms with van der Waals surface area (Å²) in [5.41, 5.74) is 5.38. The van der Waals surface area contributed by atoms with Crippen LogP contribution in [0.25, 0.3) is 0 Å². The molecule has 0 aromatic carbocycles. The van der Waals surface area contributed by atoms with Gasteiger partial charge in [-0.25, -0.2) is 12.7 Å². The van der Waals surface area contributed by atoms with Crippen molar-refractivity contribution in [3.05, 3.63) is 0 Å². The van der Waals surface area contributed by atoms with E-state index >= 15 is 0 Å². The molecular formula is C8H16N2O2S3. The molecule has 15 heavy (non-hydrogen) atoms. The van der Waals surface area contributed by atoms with Gasteiger partial charge in [-0.15, -0.1) is 0 Å². The molecule has 2 N–H and O–H groups in total. The van der Waals surface area contributed by atoms with E-state index in [1.165, 1.54) is 11.2 Å². The zero-order chi connectivity index (χ0) is 11.6. The van der Waals surface area contributed by atoms with Crippen LogP contribution in [0, 0.1) is 0 Å². The molecular weight excluding hydrogens is 252 g/mol. The fraction of sp³-hybridized carbons (Fsp3) is 0.875. The first kappa shape index (κ1) is 13.2. The highest BCUT2D eigenvalue weighted by Gasteiger charge is 2.34. The maximum absolute atomic E-state index is 12.0. The topological polar surface area (TPSA) is 63.4 Å². The molecule has 0 aliphatic carbocycles. The van der Waals surface area contributed by atoms with Crippen LogP contribution < -0.4 is 5.73 Å². The van der Waals surface area contributed by atoms with E-state index in [4.69, 9.17) is 18.0 Å². The van der Waals surface area contributed by atoms with Gasteiger partial charge in [0.15, 0.2) is 0 Å². The molecule has 1 saturated heterocycles. The number of rotatable bonds is 4. The van der Waals surface area contributed by atoms with E-state index in [-0.39, 0.29) is 11.0 Å². The van der Waals surface area contributed by atoms with Crippen LogP contribution in [0.15, 0.2) is 0 Å². The summed E-state index contributed by atoms with van der Waals surface area (Å²) in [6.45, 7) is 1.54. The Morgan fingerprint density at radius 3 is 2.67 bits per heavy atom. The maximum atomic E-state index is 12.0. The van der Waals surface area contributed by atoms with Crippen LogP contribution in [0.2, 0.25) is 0 Å². The van der Waals surface area contributed by atoms with Crippen molar-refractivity contribution in [3.8, 4) is 0 Å². The number of sulfonamides is 1. The molecule has 1 fully saturated rings. The third-order valence-corrected chi connectivity index (χ3v) is 6.56. The second-order valence-electron chi connectivity index (χ2n) is 3.62. The summed E-state index contributed by atoms with van der Waals surface area (Å²) >= 11 is 6.50. The van der Waals surface area contributed by atoms with E-state index in [0.29, 0.717) is 0 Å². The Balaban J connectivity index is 2.80. The summed E-state index contributed by atoms with van der Waals surface area (Å²) in [5, 5.41) is -0.775. The van der Waals surface area contributed by atoms with Gasteiger partial charge in [0, 0.05) is 18.8 Å². The zero-order valence-electron chi connectivity index (χ0n) is 8.84.